The minimum atomic E-state index is -1.12. The van der Waals surface area contributed by atoms with Crippen molar-refractivity contribution in [3.63, 3.8) is 0 Å². The Labute approximate surface area is 173 Å². The Morgan fingerprint density at radius 3 is 2.48 bits per heavy atom. The molecule has 0 bridgehead atoms. The van der Waals surface area contributed by atoms with E-state index in [1.807, 2.05) is 18.9 Å². The monoisotopic (exact) mass is 424 g/mol. The Kier molecular flexibility index (Phi) is 5.17. The molecule has 0 aliphatic carbocycles. The molecular formula is C19H28N4O5S. The standard InChI is InChI=1S/C19H28N4O5S/c1-8-14-13(9(2)24)18(26)23(14)15(19(27)28)16(8)29-11-4-12(21(3)7-11)17(25)22-5-10(20)6-22/h8-14,24H,4-7,20H2,1-3H3,(H,27,28)/t8?,9?,11?,12?,13?,14-/m0/s1. The van der Waals surface area contributed by atoms with Crippen LogP contribution in [0.5, 0.6) is 0 Å². The molecule has 2 amide bonds. The van der Waals surface area contributed by atoms with Gasteiger partial charge >= 0.3 is 5.97 Å². The molecule has 6 atom stereocenters. The summed E-state index contributed by atoms with van der Waals surface area (Å²) in [6.45, 7) is 5.34. The Morgan fingerprint density at radius 1 is 1.28 bits per heavy atom. The first-order chi connectivity index (χ1) is 13.6. The Balaban J connectivity index is 1.49. The average molecular weight is 425 g/mol. The Hall–Kier alpha value is -1.62. The largest absolute Gasteiger partial charge is 0.477 e. The SMILES string of the molecule is CC(O)C1C(=O)N2C(C(=O)O)=C(SC3CC(C(=O)N4CC(N)C4)N(C)C3)C(C)[C@@H]12. The summed E-state index contributed by atoms with van der Waals surface area (Å²) < 4.78 is 0. The molecule has 3 saturated heterocycles. The van der Waals surface area contributed by atoms with Gasteiger partial charge in [0, 0.05) is 41.7 Å². The van der Waals surface area contributed by atoms with Crippen molar-refractivity contribution in [2.24, 2.45) is 17.6 Å². The topological polar surface area (TPSA) is 127 Å². The fraction of sp³-hybridized carbons (Fsp3) is 0.737. The number of hydrogen-bond acceptors (Lipinski definition) is 7. The van der Waals surface area contributed by atoms with Crippen LogP contribution in [-0.2, 0) is 14.4 Å². The zero-order valence-electron chi connectivity index (χ0n) is 16.8. The van der Waals surface area contributed by atoms with Crippen LogP contribution in [0.25, 0.3) is 0 Å². The molecule has 4 heterocycles. The first kappa shape index (κ1) is 20.6. The number of carboxylic acid groups (broad SMARTS) is 1. The number of nitrogens with two attached hydrogens (primary N) is 1. The number of fused-ring (bicyclic) bond motifs is 1. The summed E-state index contributed by atoms with van der Waals surface area (Å²) in [6, 6.07) is -0.480. The van der Waals surface area contributed by atoms with Crippen LogP contribution in [0.2, 0.25) is 0 Å². The predicted molar refractivity (Wildman–Crippen MR) is 107 cm³/mol. The van der Waals surface area contributed by atoms with Crippen LogP contribution >= 0.6 is 11.8 Å². The number of aliphatic hydroxyl groups is 1. The minimum absolute atomic E-state index is 0.0422. The van der Waals surface area contributed by atoms with Crippen molar-refractivity contribution in [1.29, 1.82) is 0 Å². The zero-order valence-corrected chi connectivity index (χ0v) is 17.6. The molecule has 10 heteroatoms. The van der Waals surface area contributed by atoms with E-state index in [0.29, 0.717) is 31.0 Å². The maximum Gasteiger partial charge on any atom is 0.353 e. The molecular weight excluding hydrogens is 396 g/mol. The van der Waals surface area contributed by atoms with E-state index in [9.17, 15) is 24.6 Å². The third kappa shape index (κ3) is 3.17. The molecule has 0 saturated carbocycles. The lowest BCUT2D eigenvalue weighted by Gasteiger charge is -2.46. The van der Waals surface area contributed by atoms with Gasteiger partial charge in [-0.25, -0.2) is 4.79 Å². The van der Waals surface area contributed by atoms with Crippen molar-refractivity contribution in [1.82, 2.24) is 14.7 Å². The molecule has 4 rings (SSSR count). The molecule has 160 valence electrons. The predicted octanol–water partition coefficient (Wildman–Crippen LogP) is -0.884. The summed E-state index contributed by atoms with van der Waals surface area (Å²) in [7, 11) is 1.91. The number of carbonyl (C=O) groups excluding carboxylic acids is 2. The van der Waals surface area contributed by atoms with Gasteiger partial charge in [0.15, 0.2) is 0 Å². The van der Waals surface area contributed by atoms with Crippen LogP contribution in [0.3, 0.4) is 0 Å². The van der Waals surface area contributed by atoms with Crippen LogP contribution in [0.15, 0.2) is 10.6 Å². The van der Waals surface area contributed by atoms with Crippen molar-refractivity contribution in [3.05, 3.63) is 10.6 Å². The van der Waals surface area contributed by atoms with Crippen molar-refractivity contribution < 1.29 is 24.6 Å². The summed E-state index contributed by atoms with van der Waals surface area (Å²) in [6.07, 6.45) is -0.180. The highest BCUT2D eigenvalue weighted by Crippen LogP contribution is 2.52. The molecule has 0 aromatic carbocycles. The summed E-state index contributed by atoms with van der Waals surface area (Å²) in [4.78, 5) is 42.9. The lowest BCUT2D eigenvalue weighted by molar-refractivity contribution is -0.163. The highest BCUT2D eigenvalue weighted by molar-refractivity contribution is 8.03. The summed E-state index contributed by atoms with van der Waals surface area (Å²) in [5.41, 5.74) is 5.83. The fourth-order valence-corrected chi connectivity index (χ4v) is 6.69. The first-order valence-corrected chi connectivity index (χ1v) is 10.9. The van der Waals surface area contributed by atoms with E-state index in [4.69, 9.17) is 5.73 Å². The van der Waals surface area contributed by atoms with Crippen molar-refractivity contribution >= 4 is 29.5 Å². The third-order valence-corrected chi connectivity index (χ3v) is 8.12. The molecule has 0 radical (unpaired) electrons. The molecule has 5 unspecified atom stereocenters. The number of amides is 2. The van der Waals surface area contributed by atoms with Crippen molar-refractivity contribution in [2.75, 3.05) is 26.7 Å². The number of carboxylic acids is 1. The Morgan fingerprint density at radius 2 is 1.93 bits per heavy atom. The molecule has 4 N–H and O–H groups in total. The van der Waals surface area contributed by atoms with Crippen molar-refractivity contribution in [2.45, 2.75) is 49.7 Å². The molecule has 0 spiro atoms. The number of rotatable bonds is 5. The van der Waals surface area contributed by atoms with E-state index in [1.54, 1.807) is 11.8 Å². The number of likely N-dealkylation sites (N-methyl/N-ethyl adjacent to an activating group) is 1. The molecule has 4 aliphatic rings. The van der Waals surface area contributed by atoms with Gasteiger partial charge in [-0.05, 0) is 20.4 Å². The van der Waals surface area contributed by atoms with Gasteiger partial charge in [-0.2, -0.15) is 0 Å². The molecule has 4 aliphatic heterocycles. The van der Waals surface area contributed by atoms with Crippen LogP contribution in [-0.4, -0.2) is 98.9 Å². The van der Waals surface area contributed by atoms with Crippen LogP contribution in [0.1, 0.15) is 20.3 Å². The lowest BCUT2D eigenvalue weighted by Crippen LogP contribution is -2.63. The molecule has 9 nitrogen and oxygen atoms in total. The van der Waals surface area contributed by atoms with E-state index >= 15 is 0 Å². The molecule has 29 heavy (non-hydrogen) atoms. The third-order valence-electron chi connectivity index (χ3n) is 6.62. The van der Waals surface area contributed by atoms with E-state index in [1.165, 1.54) is 16.7 Å². The van der Waals surface area contributed by atoms with Gasteiger partial charge in [0.2, 0.25) is 11.8 Å². The second kappa shape index (κ2) is 7.26. The van der Waals surface area contributed by atoms with E-state index in [0.717, 1.165) is 0 Å². The molecule has 0 aromatic heterocycles. The van der Waals surface area contributed by atoms with E-state index in [-0.39, 0.29) is 46.8 Å². The number of carbonyl (C=O) groups is 3. The number of β-lactam (4-membered cyclic amide) rings is 1. The fourth-order valence-electron chi connectivity index (χ4n) is 5.09. The van der Waals surface area contributed by atoms with Crippen LogP contribution in [0, 0.1) is 11.8 Å². The van der Waals surface area contributed by atoms with Gasteiger partial charge in [-0.15, -0.1) is 11.8 Å². The van der Waals surface area contributed by atoms with Crippen molar-refractivity contribution in [3.8, 4) is 0 Å². The smallest absolute Gasteiger partial charge is 0.353 e. The Bertz CT molecular complexity index is 781. The highest BCUT2D eigenvalue weighted by atomic mass is 32.2. The number of hydrogen-bond donors (Lipinski definition) is 3. The number of nitrogens with zero attached hydrogens (tertiary/aromatic N) is 3. The van der Waals surface area contributed by atoms with Gasteiger partial charge in [-0.1, -0.05) is 6.92 Å². The normalized spacial score (nSPS) is 36.2. The number of likely N-dealkylation sites (tertiary alicyclic amines) is 2. The average Bonchev–Trinajstić information content (AvgIpc) is 3.08. The van der Waals surface area contributed by atoms with Gasteiger partial charge in [0.25, 0.3) is 0 Å². The van der Waals surface area contributed by atoms with Gasteiger partial charge in [0.05, 0.1) is 24.1 Å². The van der Waals surface area contributed by atoms with E-state index < -0.39 is 18.0 Å². The zero-order chi connectivity index (χ0) is 21.2. The van der Waals surface area contributed by atoms with Gasteiger partial charge in [-0.3, -0.25) is 14.5 Å². The second-order valence-corrected chi connectivity index (χ2v) is 10.0. The molecule has 0 aromatic rings. The number of aliphatic carboxylic acids is 1. The quantitative estimate of drug-likeness (QED) is 0.486. The maximum absolute atomic E-state index is 12.7. The van der Waals surface area contributed by atoms with Crippen LogP contribution in [0.4, 0.5) is 0 Å². The summed E-state index contributed by atoms with van der Waals surface area (Å²) >= 11 is 1.47. The lowest BCUT2D eigenvalue weighted by atomic mass is 9.79. The van der Waals surface area contributed by atoms with Gasteiger partial charge < -0.3 is 25.7 Å². The number of thioether (sulfide) groups is 1. The second-order valence-electron chi connectivity index (χ2n) is 8.71. The molecule has 3 fully saturated rings. The number of aliphatic hydroxyl groups excluding tert-OH is 1. The summed E-state index contributed by atoms with van der Waals surface area (Å²) in [5, 5.41) is 19.8. The van der Waals surface area contributed by atoms with E-state index in [2.05, 4.69) is 0 Å². The van der Waals surface area contributed by atoms with Crippen LogP contribution < -0.4 is 5.73 Å². The highest BCUT2D eigenvalue weighted by Gasteiger charge is 2.60. The first-order valence-electron chi connectivity index (χ1n) is 10.0. The minimum Gasteiger partial charge on any atom is -0.477 e. The van der Waals surface area contributed by atoms with Gasteiger partial charge in [0.1, 0.15) is 5.70 Å². The summed E-state index contributed by atoms with van der Waals surface area (Å²) in [5.74, 6) is -2.08. The maximum atomic E-state index is 12.7.